The Morgan fingerprint density at radius 2 is 1.81 bits per heavy atom. The van der Waals surface area contributed by atoms with Crippen LogP contribution in [0.4, 0.5) is 38.0 Å². The van der Waals surface area contributed by atoms with Gasteiger partial charge in [0.2, 0.25) is 11.8 Å². The number of anilines is 2. The fourth-order valence-corrected chi connectivity index (χ4v) is 2.17. The molecule has 0 fully saturated rings. The van der Waals surface area contributed by atoms with Crippen LogP contribution in [0.15, 0.2) is 30.5 Å². The Kier molecular flexibility index (Phi) is 5.78. The van der Waals surface area contributed by atoms with Gasteiger partial charge in [0.25, 0.3) is 0 Å². The zero-order valence-electron chi connectivity index (χ0n) is 13.8. The van der Waals surface area contributed by atoms with Gasteiger partial charge in [-0.15, -0.1) is 0 Å². The number of benzene rings is 1. The fraction of sp³-hybridized carbons (Fsp3) is 0.312. The Hall–Kier alpha value is -3.03. The SMILES string of the molecule is CCN(c1ncc(C(F)(F)F)c(OCC(F)(F)F)n1)c1ccccc1C#N. The van der Waals surface area contributed by atoms with Gasteiger partial charge in [0, 0.05) is 12.7 Å². The molecule has 0 aliphatic carbocycles. The van der Waals surface area contributed by atoms with Crippen molar-refractivity contribution in [1.29, 1.82) is 5.26 Å². The van der Waals surface area contributed by atoms with Crippen LogP contribution in [-0.2, 0) is 6.18 Å². The molecule has 0 aliphatic rings. The normalized spacial score (nSPS) is 11.8. The third-order valence-corrected chi connectivity index (χ3v) is 3.29. The van der Waals surface area contributed by atoms with Gasteiger partial charge in [0.05, 0.1) is 11.3 Å². The van der Waals surface area contributed by atoms with Crippen molar-refractivity contribution in [3.05, 3.63) is 41.6 Å². The first-order valence-corrected chi connectivity index (χ1v) is 7.47. The standard InChI is InChI=1S/C16H12F6N4O/c1-2-26(12-6-4-3-5-10(12)7-23)14-24-8-11(16(20,21)22)13(25-14)27-9-15(17,18)19/h3-6,8H,2,9H2,1H3. The highest BCUT2D eigenvalue weighted by Crippen LogP contribution is 2.37. The third-order valence-electron chi connectivity index (χ3n) is 3.29. The van der Waals surface area contributed by atoms with Gasteiger partial charge in [-0.25, -0.2) is 4.98 Å². The van der Waals surface area contributed by atoms with Crippen molar-refractivity contribution >= 4 is 11.6 Å². The predicted molar refractivity (Wildman–Crippen MR) is 82.4 cm³/mol. The summed E-state index contributed by atoms with van der Waals surface area (Å²) in [5, 5.41) is 9.17. The molecule has 1 heterocycles. The maximum Gasteiger partial charge on any atom is 0.423 e. The molecule has 5 nitrogen and oxygen atoms in total. The minimum Gasteiger partial charge on any atom is -0.467 e. The molecule has 0 aliphatic heterocycles. The van der Waals surface area contributed by atoms with E-state index in [1.807, 2.05) is 6.07 Å². The van der Waals surface area contributed by atoms with Crippen molar-refractivity contribution in [2.24, 2.45) is 0 Å². The summed E-state index contributed by atoms with van der Waals surface area (Å²) < 4.78 is 80.4. The van der Waals surface area contributed by atoms with Gasteiger partial charge in [-0.2, -0.15) is 36.6 Å². The molecule has 0 unspecified atom stereocenters. The molecule has 1 aromatic carbocycles. The van der Waals surface area contributed by atoms with Crippen molar-refractivity contribution < 1.29 is 31.1 Å². The average molecular weight is 390 g/mol. The highest BCUT2D eigenvalue weighted by Gasteiger charge is 2.38. The van der Waals surface area contributed by atoms with Crippen LogP contribution in [0.5, 0.6) is 5.88 Å². The Labute approximate surface area is 149 Å². The molecule has 0 bridgehead atoms. The van der Waals surface area contributed by atoms with E-state index < -0.39 is 30.4 Å². The van der Waals surface area contributed by atoms with E-state index >= 15 is 0 Å². The second-order valence-electron chi connectivity index (χ2n) is 5.16. The predicted octanol–water partition coefficient (Wildman–Crippen LogP) is 4.47. The zero-order valence-corrected chi connectivity index (χ0v) is 13.8. The lowest BCUT2D eigenvalue weighted by atomic mass is 10.2. The molecule has 0 spiro atoms. The molecule has 0 amide bonds. The van der Waals surface area contributed by atoms with Crippen LogP contribution in [0.2, 0.25) is 0 Å². The van der Waals surface area contributed by atoms with Gasteiger partial charge in [0.15, 0.2) is 6.61 Å². The highest BCUT2D eigenvalue weighted by atomic mass is 19.4. The molecule has 0 atom stereocenters. The van der Waals surface area contributed by atoms with E-state index in [2.05, 4.69) is 14.7 Å². The molecule has 2 rings (SSSR count). The maximum absolute atomic E-state index is 13.0. The molecule has 27 heavy (non-hydrogen) atoms. The van der Waals surface area contributed by atoms with Gasteiger partial charge < -0.3 is 9.64 Å². The molecule has 11 heteroatoms. The van der Waals surface area contributed by atoms with E-state index in [9.17, 15) is 31.6 Å². The minimum atomic E-state index is -5.00. The Balaban J connectivity index is 2.51. The van der Waals surface area contributed by atoms with Crippen LogP contribution in [0.1, 0.15) is 18.1 Å². The molecule has 1 aromatic heterocycles. The van der Waals surface area contributed by atoms with Crippen LogP contribution in [0.3, 0.4) is 0 Å². The summed E-state index contributed by atoms with van der Waals surface area (Å²) in [6, 6.07) is 8.08. The number of hydrogen-bond donors (Lipinski definition) is 0. The van der Waals surface area contributed by atoms with E-state index in [-0.39, 0.29) is 18.1 Å². The number of hydrogen-bond acceptors (Lipinski definition) is 5. The molecular weight excluding hydrogens is 378 g/mol. The van der Waals surface area contributed by atoms with Gasteiger partial charge in [-0.05, 0) is 19.1 Å². The summed E-state index contributed by atoms with van der Waals surface area (Å²) in [4.78, 5) is 8.42. The van der Waals surface area contributed by atoms with Crippen LogP contribution < -0.4 is 9.64 Å². The number of nitrogens with zero attached hydrogens (tertiary/aromatic N) is 4. The first-order chi connectivity index (χ1) is 12.6. The zero-order chi connectivity index (χ0) is 20.2. The van der Waals surface area contributed by atoms with Crippen LogP contribution in [-0.4, -0.2) is 29.3 Å². The Morgan fingerprint density at radius 3 is 2.37 bits per heavy atom. The second kappa shape index (κ2) is 7.69. The van der Waals surface area contributed by atoms with Crippen molar-refractivity contribution in [1.82, 2.24) is 9.97 Å². The number of para-hydroxylation sites is 1. The topological polar surface area (TPSA) is 62.0 Å². The van der Waals surface area contributed by atoms with Crippen molar-refractivity contribution in [3.63, 3.8) is 0 Å². The van der Waals surface area contributed by atoms with E-state index in [0.717, 1.165) is 0 Å². The largest absolute Gasteiger partial charge is 0.467 e. The lowest BCUT2D eigenvalue weighted by molar-refractivity contribution is -0.159. The molecule has 144 valence electrons. The number of nitriles is 1. The number of halogens is 6. The average Bonchev–Trinajstić information content (AvgIpc) is 2.59. The minimum absolute atomic E-state index is 0.142. The number of aromatic nitrogens is 2. The van der Waals surface area contributed by atoms with E-state index in [1.54, 1.807) is 19.1 Å². The number of ether oxygens (including phenoxy) is 1. The van der Waals surface area contributed by atoms with Gasteiger partial charge in [0.1, 0.15) is 11.6 Å². The lowest BCUT2D eigenvalue weighted by Gasteiger charge is -2.23. The maximum atomic E-state index is 13.0. The van der Waals surface area contributed by atoms with Gasteiger partial charge in [-0.3, -0.25) is 0 Å². The van der Waals surface area contributed by atoms with E-state index in [0.29, 0.717) is 11.9 Å². The summed E-state index contributed by atoms with van der Waals surface area (Å²) in [5.41, 5.74) is -1.04. The molecular formula is C16H12F6N4O. The molecule has 0 saturated heterocycles. The summed E-state index contributed by atoms with van der Waals surface area (Å²) in [6.45, 7) is -0.179. The van der Waals surface area contributed by atoms with E-state index in [1.165, 1.54) is 17.0 Å². The number of alkyl halides is 6. The summed E-state index contributed by atoms with van der Waals surface area (Å²) in [5.74, 6) is -1.57. The third kappa shape index (κ3) is 4.99. The monoisotopic (exact) mass is 390 g/mol. The smallest absolute Gasteiger partial charge is 0.423 e. The van der Waals surface area contributed by atoms with Crippen LogP contribution in [0.25, 0.3) is 0 Å². The Morgan fingerprint density at radius 1 is 1.15 bits per heavy atom. The van der Waals surface area contributed by atoms with E-state index in [4.69, 9.17) is 0 Å². The van der Waals surface area contributed by atoms with Crippen molar-refractivity contribution in [2.45, 2.75) is 19.3 Å². The fourth-order valence-electron chi connectivity index (χ4n) is 2.17. The number of rotatable bonds is 5. The molecule has 0 saturated carbocycles. The van der Waals surface area contributed by atoms with Gasteiger partial charge in [-0.1, -0.05) is 12.1 Å². The van der Waals surface area contributed by atoms with Crippen LogP contribution >= 0.6 is 0 Å². The van der Waals surface area contributed by atoms with Gasteiger partial charge >= 0.3 is 12.4 Å². The molecule has 0 N–H and O–H groups in total. The Bertz CT molecular complexity index is 844. The summed E-state index contributed by atoms with van der Waals surface area (Å²) in [7, 11) is 0. The highest BCUT2D eigenvalue weighted by molar-refractivity contribution is 5.65. The summed E-state index contributed by atoms with van der Waals surface area (Å²) in [6.07, 6.45) is -9.49. The second-order valence-corrected chi connectivity index (χ2v) is 5.16. The molecule has 2 aromatic rings. The van der Waals surface area contributed by atoms with Crippen LogP contribution in [0, 0.1) is 11.3 Å². The quantitative estimate of drug-likeness (QED) is 0.705. The van der Waals surface area contributed by atoms with Crippen molar-refractivity contribution in [3.8, 4) is 11.9 Å². The summed E-state index contributed by atoms with van der Waals surface area (Å²) >= 11 is 0. The van der Waals surface area contributed by atoms with Crippen molar-refractivity contribution in [2.75, 3.05) is 18.1 Å². The first-order valence-electron chi connectivity index (χ1n) is 7.47. The lowest BCUT2D eigenvalue weighted by Crippen LogP contribution is -2.24. The molecule has 0 radical (unpaired) electrons. The first kappa shape index (κ1) is 20.3.